The summed E-state index contributed by atoms with van der Waals surface area (Å²) < 4.78 is 17.7. The second-order valence-corrected chi connectivity index (χ2v) is 8.80. The number of rotatable bonds is 9. The molecule has 186 valence electrons. The van der Waals surface area contributed by atoms with Crippen molar-refractivity contribution in [2.75, 3.05) is 0 Å². The van der Waals surface area contributed by atoms with E-state index in [0.29, 0.717) is 17.1 Å². The van der Waals surface area contributed by atoms with Crippen LogP contribution in [0.15, 0.2) is 113 Å². The summed E-state index contributed by atoms with van der Waals surface area (Å²) in [6.07, 6.45) is 0.0296. The smallest absolute Gasteiger partial charge is 0.345 e. The van der Waals surface area contributed by atoms with Gasteiger partial charge < -0.3 is 14.2 Å². The molecule has 1 amide bonds. The van der Waals surface area contributed by atoms with E-state index in [0.717, 1.165) is 4.47 Å². The Labute approximate surface area is 226 Å². The second kappa shape index (κ2) is 12.7. The molecule has 0 heterocycles. The number of nitrogens with zero attached hydrogens (tertiary/aromatic N) is 1. The van der Waals surface area contributed by atoms with Gasteiger partial charge in [0.15, 0.2) is 0 Å². The molecule has 0 spiro atoms. The van der Waals surface area contributed by atoms with Gasteiger partial charge in [-0.25, -0.2) is 10.2 Å². The zero-order valence-corrected chi connectivity index (χ0v) is 21.6. The van der Waals surface area contributed by atoms with Crippen LogP contribution in [0, 0.1) is 0 Å². The number of hydrogen-bond acceptors (Lipinski definition) is 6. The highest BCUT2D eigenvalue weighted by Crippen LogP contribution is 2.24. The average molecular weight is 580 g/mol. The third-order valence-corrected chi connectivity index (χ3v) is 5.66. The second-order valence-electron chi connectivity index (χ2n) is 7.48. The van der Waals surface area contributed by atoms with Gasteiger partial charge in [0.25, 0.3) is 0 Å². The van der Waals surface area contributed by atoms with Crippen molar-refractivity contribution in [3.63, 3.8) is 0 Å². The number of amides is 1. The summed E-state index contributed by atoms with van der Waals surface area (Å²) >= 11 is 9.50. The van der Waals surface area contributed by atoms with Crippen LogP contribution in [0.1, 0.15) is 15.9 Å². The maximum atomic E-state index is 12.9. The molecule has 0 aliphatic rings. The maximum Gasteiger partial charge on any atom is 0.345 e. The van der Waals surface area contributed by atoms with Crippen LogP contribution in [-0.4, -0.2) is 24.4 Å². The van der Waals surface area contributed by atoms with E-state index in [1.807, 2.05) is 12.1 Å². The largest absolute Gasteiger partial charge is 0.446 e. The highest BCUT2D eigenvalue weighted by atomic mass is 79.9. The molecule has 37 heavy (non-hydrogen) atoms. The quantitative estimate of drug-likeness (QED) is 0.0832. The molecule has 0 bridgehead atoms. The van der Waals surface area contributed by atoms with Gasteiger partial charge in [-0.2, -0.15) is 5.10 Å². The van der Waals surface area contributed by atoms with Crippen LogP contribution < -0.4 is 19.6 Å². The molecule has 0 radical (unpaired) electrons. The number of nitrogens with one attached hydrogen (secondary N) is 1. The fraction of sp³-hybridized carbons (Fsp3) is 0.0357. The van der Waals surface area contributed by atoms with Gasteiger partial charge in [0.1, 0.15) is 17.2 Å². The van der Waals surface area contributed by atoms with Gasteiger partial charge in [0.2, 0.25) is 0 Å². The van der Waals surface area contributed by atoms with E-state index in [1.165, 1.54) is 6.21 Å². The fourth-order valence-electron chi connectivity index (χ4n) is 3.09. The molecule has 7 nitrogen and oxygen atoms in total. The van der Waals surface area contributed by atoms with Gasteiger partial charge in [0.05, 0.1) is 16.8 Å². The molecule has 4 aromatic rings. The molecule has 0 aliphatic heterocycles. The first-order valence-electron chi connectivity index (χ1n) is 11.0. The van der Waals surface area contributed by atoms with Crippen molar-refractivity contribution >= 4 is 45.6 Å². The molecule has 0 atom stereocenters. The number of carbonyl (C=O) groups is 2. The lowest BCUT2D eigenvalue weighted by Crippen LogP contribution is -2.40. The van der Waals surface area contributed by atoms with Crippen LogP contribution in [0.2, 0.25) is 5.02 Å². The Bertz CT molecular complexity index is 1360. The predicted molar refractivity (Wildman–Crippen MR) is 144 cm³/mol. The highest BCUT2D eigenvalue weighted by molar-refractivity contribution is 9.10. The Morgan fingerprint density at radius 3 is 2.05 bits per heavy atom. The van der Waals surface area contributed by atoms with Crippen LogP contribution >= 0.6 is 27.5 Å². The fourth-order valence-corrected chi connectivity index (χ4v) is 3.68. The number of para-hydroxylation sites is 2. The average Bonchev–Trinajstić information content (AvgIpc) is 2.91. The Kier molecular flexibility index (Phi) is 8.91. The number of hydrogen-bond donors (Lipinski definition) is 1. The summed E-state index contributed by atoms with van der Waals surface area (Å²) in [7, 11) is 0. The molecule has 0 aliphatic carbocycles. The molecular formula is C28H20BrClN2O5. The predicted octanol–water partition coefficient (Wildman–Crippen LogP) is 6.26. The first kappa shape index (κ1) is 25.9. The van der Waals surface area contributed by atoms with Crippen molar-refractivity contribution in [2.45, 2.75) is 6.29 Å². The molecule has 0 aromatic heterocycles. The minimum Gasteiger partial charge on any atom is -0.446 e. The van der Waals surface area contributed by atoms with E-state index in [1.54, 1.807) is 91.0 Å². The van der Waals surface area contributed by atoms with E-state index < -0.39 is 18.2 Å². The third-order valence-electron chi connectivity index (χ3n) is 4.83. The molecule has 4 rings (SSSR count). The van der Waals surface area contributed by atoms with Crippen LogP contribution in [-0.2, 0) is 4.79 Å². The van der Waals surface area contributed by atoms with Crippen molar-refractivity contribution in [1.82, 2.24) is 5.43 Å². The van der Waals surface area contributed by atoms with Gasteiger partial charge >= 0.3 is 18.2 Å². The van der Waals surface area contributed by atoms with Gasteiger partial charge in [0, 0.05) is 10.0 Å². The minimum atomic E-state index is -1.32. The first-order valence-corrected chi connectivity index (χ1v) is 12.2. The van der Waals surface area contributed by atoms with Gasteiger partial charge in [-0.15, -0.1) is 0 Å². The number of carbonyl (C=O) groups excluding carboxylic acids is 2. The van der Waals surface area contributed by atoms with Crippen molar-refractivity contribution in [2.24, 2.45) is 5.10 Å². The number of esters is 1. The lowest BCUT2D eigenvalue weighted by molar-refractivity contribution is -0.140. The topological polar surface area (TPSA) is 86.2 Å². The Morgan fingerprint density at radius 1 is 0.838 bits per heavy atom. The lowest BCUT2D eigenvalue weighted by atomic mass is 10.2. The molecule has 1 N–H and O–H groups in total. The van der Waals surface area contributed by atoms with E-state index >= 15 is 0 Å². The Morgan fingerprint density at radius 2 is 1.43 bits per heavy atom. The van der Waals surface area contributed by atoms with E-state index in [2.05, 4.69) is 26.5 Å². The number of halogens is 2. The zero-order chi connectivity index (χ0) is 26.0. The zero-order valence-electron chi connectivity index (χ0n) is 19.2. The number of ether oxygens (including phenoxy) is 3. The first-order chi connectivity index (χ1) is 18.0. The van der Waals surface area contributed by atoms with E-state index in [9.17, 15) is 9.59 Å². The number of hydrazone groups is 1. The number of benzene rings is 4. The van der Waals surface area contributed by atoms with Crippen LogP contribution in [0.25, 0.3) is 0 Å². The Hall–Kier alpha value is -4.14. The van der Waals surface area contributed by atoms with Gasteiger partial charge in [-0.1, -0.05) is 76.1 Å². The summed E-state index contributed by atoms with van der Waals surface area (Å²) in [5, 5.41) is 4.30. The van der Waals surface area contributed by atoms with Gasteiger partial charge in [-0.05, 0) is 54.6 Å². The van der Waals surface area contributed by atoms with E-state index in [-0.39, 0.29) is 16.3 Å². The molecular weight excluding hydrogens is 560 g/mol. The monoisotopic (exact) mass is 578 g/mol. The minimum absolute atomic E-state index is 0.224. The van der Waals surface area contributed by atoms with Crippen molar-refractivity contribution in [3.05, 3.63) is 124 Å². The summed E-state index contributed by atoms with van der Waals surface area (Å²) in [6.45, 7) is 0. The summed E-state index contributed by atoms with van der Waals surface area (Å²) in [6, 6.07) is 29.2. The van der Waals surface area contributed by atoms with Crippen molar-refractivity contribution < 1.29 is 23.8 Å². The maximum absolute atomic E-state index is 12.9. The molecule has 4 aromatic carbocycles. The van der Waals surface area contributed by atoms with Gasteiger partial charge in [-0.3, -0.25) is 4.79 Å². The lowest BCUT2D eigenvalue weighted by Gasteiger charge is -2.18. The summed E-state index contributed by atoms with van der Waals surface area (Å²) in [4.78, 5) is 25.5. The van der Waals surface area contributed by atoms with Crippen molar-refractivity contribution in [3.8, 4) is 17.2 Å². The normalized spacial score (nSPS) is 10.8. The van der Waals surface area contributed by atoms with E-state index in [4.69, 9.17) is 25.8 Å². The SMILES string of the molecule is O=C(Oc1ccc(Br)cc1/C=N/NC(=O)C(Oc1ccccc1)Oc1ccccc1)c1ccccc1Cl. The van der Waals surface area contributed by atoms with Crippen LogP contribution in [0.3, 0.4) is 0 Å². The molecule has 0 saturated carbocycles. The third kappa shape index (κ3) is 7.42. The molecule has 0 saturated heterocycles. The van der Waals surface area contributed by atoms with Crippen LogP contribution in [0.5, 0.6) is 17.2 Å². The molecule has 0 fully saturated rings. The summed E-state index contributed by atoms with van der Waals surface area (Å²) in [5.74, 6) is -0.150. The van der Waals surface area contributed by atoms with Crippen molar-refractivity contribution in [1.29, 1.82) is 0 Å². The molecule has 9 heteroatoms. The van der Waals surface area contributed by atoms with Crippen LogP contribution in [0.4, 0.5) is 0 Å². The Balaban J connectivity index is 1.49. The summed E-state index contributed by atoms with van der Waals surface area (Å²) in [5.41, 5.74) is 3.07. The molecule has 0 unspecified atom stereocenters. The standard InChI is InChI=1S/C28H20BrClN2O5/c29-20-15-16-25(37-27(34)23-13-7-8-14-24(23)30)19(17-20)18-31-32-26(33)28(35-21-9-3-1-4-10-21)36-22-11-5-2-6-12-22/h1-18,28H,(H,32,33)/b31-18+. The highest BCUT2D eigenvalue weighted by Gasteiger charge is 2.22.